The van der Waals surface area contributed by atoms with E-state index in [9.17, 15) is 4.39 Å². The Morgan fingerprint density at radius 2 is 1.84 bits per heavy atom. The predicted molar refractivity (Wildman–Crippen MR) is 72.8 cm³/mol. The summed E-state index contributed by atoms with van der Waals surface area (Å²) in [6, 6.07) is 10.3. The van der Waals surface area contributed by atoms with E-state index < -0.39 is 0 Å². The summed E-state index contributed by atoms with van der Waals surface area (Å²) in [6.45, 7) is 0.159. The van der Waals surface area contributed by atoms with Crippen LogP contribution in [-0.4, -0.2) is 14.2 Å². The normalized spacial score (nSPS) is 10.3. The lowest BCUT2D eigenvalue weighted by Gasteiger charge is -2.12. The fourth-order valence-corrected chi connectivity index (χ4v) is 1.94. The van der Waals surface area contributed by atoms with Crippen LogP contribution >= 0.6 is 0 Å². The van der Waals surface area contributed by atoms with E-state index in [1.165, 1.54) is 6.07 Å². The SMILES string of the molecule is COc1ccc(OC)c(-c2ccc(F)c(CN)c2)c1. The highest BCUT2D eigenvalue weighted by atomic mass is 19.1. The minimum absolute atomic E-state index is 0.159. The number of hydrogen-bond donors (Lipinski definition) is 1. The lowest BCUT2D eigenvalue weighted by molar-refractivity contribution is 0.404. The van der Waals surface area contributed by atoms with Crippen LogP contribution in [-0.2, 0) is 6.54 Å². The first-order chi connectivity index (χ1) is 9.19. The van der Waals surface area contributed by atoms with Gasteiger partial charge in [0.1, 0.15) is 17.3 Å². The van der Waals surface area contributed by atoms with Crippen LogP contribution in [0, 0.1) is 5.82 Å². The van der Waals surface area contributed by atoms with E-state index in [4.69, 9.17) is 15.2 Å². The summed E-state index contributed by atoms with van der Waals surface area (Å²) in [5.74, 6) is 1.12. The van der Waals surface area contributed by atoms with Crippen LogP contribution in [0.2, 0.25) is 0 Å². The zero-order valence-corrected chi connectivity index (χ0v) is 10.9. The molecule has 19 heavy (non-hydrogen) atoms. The average molecular weight is 261 g/mol. The van der Waals surface area contributed by atoms with Gasteiger partial charge in [-0.25, -0.2) is 4.39 Å². The molecule has 0 radical (unpaired) electrons. The van der Waals surface area contributed by atoms with E-state index in [0.29, 0.717) is 11.3 Å². The van der Waals surface area contributed by atoms with Crippen molar-refractivity contribution in [1.29, 1.82) is 0 Å². The van der Waals surface area contributed by atoms with Crippen LogP contribution < -0.4 is 15.2 Å². The van der Waals surface area contributed by atoms with Gasteiger partial charge < -0.3 is 15.2 Å². The molecule has 0 unspecified atom stereocenters. The van der Waals surface area contributed by atoms with Crippen molar-refractivity contribution in [2.45, 2.75) is 6.54 Å². The Kier molecular flexibility index (Phi) is 4.02. The van der Waals surface area contributed by atoms with Crippen LogP contribution in [0.1, 0.15) is 5.56 Å². The van der Waals surface area contributed by atoms with E-state index in [-0.39, 0.29) is 12.4 Å². The largest absolute Gasteiger partial charge is 0.497 e. The highest BCUT2D eigenvalue weighted by molar-refractivity contribution is 5.72. The summed E-state index contributed by atoms with van der Waals surface area (Å²) in [4.78, 5) is 0. The van der Waals surface area contributed by atoms with Crippen LogP contribution in [0.4, 0.5) is 4.39 Å². The molecule has 0 fully saturated rings. The van der Waals surface area contributed by atoms with Gasteiger partial charge in [0.25, 0.3) is 0 Å². The van der Waals surface area contributed by atoms with Crippen molar-refractivity contribution >= 4 is 0 Å². The quantitative estimate of drug-likeness (QED) is 0.920. The molecule has 0 aliphatic rings. The monoisotopic (exact) mass is 261 g/mol. The lowest BCUT2D eigenvalue weighted by atomic mass is 10.0. The van der Waals surface area contributed by atoms with Crippen LogP contribution in [0.25, 0.3) is 11.1 Å². The fourth-order valence-electron chi connectivity index (χ4n) is 1.94. The highest BCUT2D eigenvalue weighted by Crippen LogP contribution is 2.34. The molecule has 0 atom stereocenters. The van der Waals surface area contributed by atoms with Gasteiger partial charge in [0.15, 0.2) is 0 Å². The van der Waals surface area contributed by atoms with Crippen molar-refractivity contribution in [2.24, 2.45) is 5.73 Å². The van der Waals surface area contributed by atoms with Crippen molar-refractivity contribution < 1.29 is 13.9 Å². The standard InChI is InChI=1S/C15H16FNO2/c1-18-12-4-6-15(19-2)13(8-12)10-3-5-14(16)11(7-10)9-17/h3-8H,9,17H2,1-2H3. The minimum Gasteiger partial charge on any atom is -0.497 e. The maximum Gasteiger partial charge on any atom is 0.127 e. The van der Waals surface area contributed by atoms with Gasteiger partial charge in [-0.15, -0.1) is 0 Å². The molecule has 0 saturated heterocycles. The third-order valence-corrected chi connectivity index (χ3v) is 2.98. The second-order valence-electron chi connectivity index (χ2n) is 4.08. The number of rotatable bonds is 4. The second-order valence-corrected chi connectivity index (χ2v) is 4.08. The minimum atomic E-state index is -0.298. The van der Waals surface area contributed by atoms with Crippen LogP contribution in [0.3, 0.4) is 0 Å². The number of nitrogens with two attached hydrogens (primary N) is 1. The summed E-state index contributed by atoms with van der Waals surface area (Å²) in [5.41, 5.74) is 7.69. The van der Waals surface area contributed by atoms with E-state index in [0.717, 1.165) is 16.9 Å². The van der Waals surface area contributed by atoms with Crippen molar-refractivity contribution in [3.8, 4) is 22.6 Å². The predicted octanol–water partition coefficient (Wildman–Crippen LogP) is 2.97. The van der Waals surface area contributed by atoms with E-state index in [1.807, 2.05) is 18.2 Å². The zero-order valence-electron chi connectivity index (χ0n) is 10.9. The first-order valence-electron chi connectivity index (χ1n) is 5.90. The Labute approximate surface area is 111 Å². The second kappa shape index (κ2) is 5.71. The number of methoxy groups -OCH3 is 2. The molecule has 0 heterocycles. The maximum absolute atomic E-state index is 13.5. The molecule has 2 aromatic rings. The van der Waals surface area contributed by atoms with E-state index in [1.54, 1.807) is 26.4 Å². The van der Waals surface area contributed by atoms with Crippen LogP contribution in [0.5, 0.6) is 11.5 Å². The smallest absolute Gasteiger partial charge is 0.127 e. The van der Waals surface area contributed by atoms with Gasteiger partial charge in [-0.05, 0) is 35.9 Å². The molecule has 0 amide bonds. The molecule has 0 bridgehead atoms. The Balaban J connectivity index is 2.56. The molecule has 0 aliphatic carbocycles. The fraction of sp³-hybridized carbons (Fsp3) is 0.200. The van der Waals surface area contributed by atoms with Gasteiger partial charge in [-0.2, -0.15) is 0 Å². The molecule has 4 heteroatoms. The van der Waals surface area contributed by atoms with Gasteiger partial charge in [-0.3, -0.25) is 0 Å². The molecular weight excluding hydrogens is 245 g/mol. The van der Waals surface area contributed by atoms with E-state index in [2.05, 4.69) is 0 Å². The molecule has 100 valence electrons. The third-order valence-electron chi connectivity index (χ3n) is 2.98. The Hall–Kier alpha value is -2.07. The molecule has 0 spiro atoms. The van der Waals surface area contributed by atoms with Crippen molar-refractivity contribution in [3.63, 3.8) is 0 Å². The maximum atomic E-state index is 13.5. The van der Waals surface area contributed by atoms with Crippen molar-refractivity contribution in [3.05, 3.63) is 47.8 Å². The molecule has 3 nitrogen and oxygen atoms in total. The zero-order chi connectivity index (χ0) is 13.8. The third kappa shape index (κ3) is 2.69. The summed E-state index contributed by atoms with van der Waals surface area (Å²) >= 11 is 0. The number of halogens is 1. The summed E-state index contributed by atoms with van der Waals surface area (Å²) in [6.07, 6.45) is 0. The van der Waals surface area contributed by atoms with Gasteiger partial charge in [0.2, 0.25) is 0 Å². The van der Waals surface area contributed by atoms with Gasteiger partial charge >= 0.3 is 0 Å². The lowest BCUT2D eigenvalue weighted by Crippen LogP contribution is -2.00. The van der Waals surface area contributed by atoms with Gasteiger partial charge in [0.05, 0.1) is 14.2 Å². The molecular formula is C15H16FNO2. The van der Waals surface area contributed by atoms with Crippen molar-refractivity contribution in [2.75, 3.05) is 14.2 Å². The molecule has 0 saturated carbocycles. The number of benzene rings is 2. The molecule has 0 aromatic heterocycles. The summed E-state index contributed by atoms with van der Waals surface area (Å²) in [5, 5.41) is 0. The summed E-state index contributed by atoms with van der Waals surface area (Å²) < 4.78 is 24.0. The van der Waals surface area contributed by atoms with Gasteiger partial charge in [-0.1, -0.05) is 6.07 Å². The van der Waals surface area contributed by atoms with Crippen molar-refractivity contribution in [1.82, 2.24) is 0 Å². The first kappa shape index (κ1) is 13.4. The first-order valence-corrected chi connectivity index (χ1v) is 5.90. The van der Waals surface area contributed by atoms with Crippen LogP contribution in [0.15, 0.2) is 36.4 Å². The number of ether oxygens (including phenoxy) is 2. The topological polar surface area (TPSA) is 44.5 Å². The van der Waals surface area contributed by atoms with Gasteiger partial charge in [0, 0.05) is 17.7 Å². The highest BCUT2D eigenvalue weighted by Gasteiger charge is 2.10. The molecule has 0 aliphatic heterocycles. The molecule has 2 rings (SSSR count). The Morgan fingerprint density at radius 3 is 2.47 bits per heavy atom. The van der Waals surface area contributed by atoms with E-state index >= 15 is 0 Å². The average Bonchev–Trinajstić information content (AvgIpc) is 2.47. The molecule has 2 N–H and O–H groups in total. The molecule has 2 aromatic carbocycles. The number of hydrogen-bond acceptors (Lipinski definition) is 3. The Morgan fingerprint density at radius 1 is 1.05 bits per heavy atom. The summed E-state index contributed by atoms with van der Waals surface area (Å²) in [7, 11) is 3.19. The Bertz CT molecular complexity index is 584.